The van der Waals surface area contributed by atoms with Crippen LogP contribution in [0.1, 0.15) is 6.42 Å². The van der Waals surface area contributed by atoms with Crippen molar-refractivity contribution in [2.45, 2.75) is 6.42 Å². The van der Waals surface area contributed by atoms with Gasteiger partial charge in [0.15, 0.2) is 0 Å². The fourth-order valence-corrected chi connectivity index (χ4v) is 2.65. The summed E-state index contributed by atoms with van der Waals surface area (Å²) in [5.74, 6) is -0.632. The van der Waals surface area contributed by atoms with Crippen LogP contribution in [0, 0.1) is 5.92 Å². The molecule has 2 amide bonds. The van der Waals surface area contributed by atoms with Crippen molar-refractivity contribution in [1.29, 1.82) is 0 Å². The molecule has 1 fully saturated rings. The van der Waals surface area contributed by atoms with E-state index >= 15 is 0 Å². The molecule has 0 radical (unpaired) electrons. The summed E-state index contributed by atoms with van der Waals surface area (Å²) in [6.45, 7) is 0.358. The summed E-state index contributed by atoms with van der Waals surface area (Å²) in [5.41, 5.74) is 1.34. The summed E-state index contributed by atoms with van der Waals surface area (Å²) in [7, 11) is 0. The molecule has 0 spiro atoms. The minimum absolute atomic E-state index is 0.0701. The highest BCUT2D eigenvalue weighted by Gasteiger charge is 2.35. The van der Waals surface area contributed by atoms with E-state index in [1.54, 1.807) is 47.6 Å². The van der Waals surface area contributed by atoms with E-state index in [-0.39, 0.29) is 24.2 Å². The first kappa shape index (κ1) is 14.5. The number of rotatable bonds is 3. The molecule has 1 N–H and O–H groups in total. The Bertz CT molecular complexity index is 706. The van der Waals surface area contributed by atoms with Crippen molar-refractivity contribution < 1.29 is 9.59 Å². The van der Waals surface area contributed by atoms with Crippen molar-refractivity contribution in [3.05, 3.63) is 53.8 Å². The molecule has 1 aromatic carbocycles. The number of carbonyl (C=O) groups is 2. The zero-order valence-corrected chi connectivity index (χ0v) is 12.5. The first-order valence-electron chi connectivity index (χ1n) is 6.90. The predicted octanol–water partition coefficient (Wildman–Crippen LogP) is 2.73. The highest BCUT2D eigenvalue weighted by Crippen LogP contribution is 2.25. The highest BCUT2D eigenvalue weighted by atomic mass is 35.5. The fraction of sp³-hybridized carbons (Fsp3) is 0.188. The summed E-state index contributed by atoms with van der Waals surface area (Å²) in [6, 6.07) is 10.5. The number of amides is 2. The molecule has 2 aromatic rings. The van der Waals surface area contributed by atoms with Crippen molar-refractivity contribution in [3.63, 3.8) is 0 Å². The number of nitrogens with one attached hydrogen (secondary N) is 1. The Balaban J connectivity index is 1.69. The van der Waals surface area contributed by atoms with Gasteiger partial charge in [0.05, 0.1) is 17.8 Å². The number of benzene rings is 1. The lowest BCUT2D eigenvalue weighted by molar-refractivity contribution is -0.122. The minimum atomic E-state index is -0.383. The van der Waals surface area contributed by atoms with E-state index in [4.69, 9.17) is 11.6 Å². The Kier molecular flexibility index (Phi) is 4.06. The minimum Gasteiger partial charge on any atom is -0.326 e. The van der Waals surface area contributed by atoms with E-state index in [0.29, 0.717) is 22.9 Å². The second-order valence-corrected chi connectivity index (χ2v) is 5.55. The van der Waals surface area contributed by atoms with E-state index in [9.17, 15) is 9.59 Å². The number of hydrogen-bond acceptors (Lipinski definition) is 3. The molecule has 6 heteroatoms. The lowest BCUT2D eigenvalue weighted by atomic mass is 10.1. The summed E-state index contributed by atoms with van der Waals surface area (Å²) in [6.07, 6.45) is 3.46. The molecular formula is C16H14ClN3O2. The van der Waals surface area contributed by atoms with Gasteiger partial charge in [-0.2, -0.15) is 0 Å². The third kappa shape index (κ3) is 3.09. The average Bonchev–Trinajstić information content (AvgIpc) is 2.90. The monoisotopic (exact) mass is 315 g/mol. The van der Waals surface area contributed by atoms with Gasteiger partial charge < -0.3 is 10.2 Å². The molecule has 1 atom stereocenters. The van der Waals surface area contributed by atoms with Gasteiger partial charge in [-0.05, 0) is 30.3 Å². The molecule has 1 aliphatic rings. The molecule has 3 rings (SSSR count). The second kappa shape index (κ2) is 6.15. The first-order chi connectivity index (χ1) is 10.6. The highest BCUT2D eigenvalue weighted by molar-refractivity contribution is 6.30. The molecule has 22 heavy (non-hydrogen) atoms. The number of halogens is 1. The van der Waals surface area contributed by atoms with Crippen molar-refractivity contribution in [2.24, 2.45) is 5.92 Å². The van der Waals surface area contributed by atoms with Crippen molar-refractivity contribution in [1.82, 2.24) is 4.98 Å². The van der Waals surface area contributed by atoms with Crippen LogP contribution < -0.4 is 10.2 Å². The molecule has 0 saturated carbocycles. The van der Waals surface area contributed by atoms with Gasteiger partial charge in [-0.1, -0.05) is 17.7 Å². The lowest BCUT2D eigenvalue weighted by Gasteiger charge is -2.16. The maximum absolute atomic E-state index is 12.3. The van der Waals surface area contributed by atoms with Gasteiger partial charge in [0.1, 0.15) is 0 Å². The van der Waals surface area contributed by atoms with E-state index in [2.05, 4.69) is 10.3 Å². The van der Waals surface area contributed by atoms with Crippen LogP contribution in [-0.2, 0) is 9.59 Å². The van der Waals surface area contributed by atoms with Crippen molar-refractivity contribution in [3.8, 4) is 0 Å². The molecule has 0 bridgehead atoms. The smallest absolute Gasteiger partial charge is 0.229 e. The Labute approximate surface area is 132 Å². The number of hydrogen-bond donors (Lipinski definition) is 1. The van der Waals surface area contributed by atoms with Gasteiger partial charge in [0.25, 0.3) is 0 Å². The largest absolute Gasteiger partial charge is 0.326 e. The van der Waals surface area contributed by atoms with Crippen molar-refractivity contribution >= 4 is 34.8 Å². The van der Waals surface area contributed by atoms with E-state index < -0.39 is 0 Å². The molecule has 1 aliphatic heterocycles. The van der Waals surface area contributed by atoms with Crippen LogP contribution in [0.4, 0.5) is 11.4 Å². The van der Waals surface area contributed by atoms with Gasteiger partial charge in [-0.15, -0.1) is 0 Å². The Morgan fingerprint density at radius 3 is 2.91 bits per heavy atom. The third-order valence-electron chi connectivity index (χ3n) is 3.55. The standard InChI is InChI=1S/C16H14ClN3O2/c17-12-3-1-4-13(8-12)19-16(22)11-7-15(21)20(10-11)14-5-2-6-18-9-14/h1-6,8-9,11H,7,10H2,(H,19,22). The fourth-order valence-electron chi connectivity index (χ4n) is 2.46. The number of pyridine rings is 1. The van der Waals surface area contributed by atoms with Crippen molar-refractivity contribution in [2.75, 3.05) is 16.8 Å². The maximum Gasteiger partial charge on any atom is 0.229 e. The summed E-state index contributed by atoms with van der Waals surface area (Å²) < 4.78 is 0. The number of carbonyl (C=O) groups excluding carboxylic acids is 2. The van der Waals surface area contributed by atoms with Crippen LogP contribution in [0.25, 0.3) is 0 Å². The second-order valence-electron chi connectivity index (χ2n) is 5.12. The van der Waals surface area contributed by atoms with E-state index in [1.165, 1.54) is 0 Å². The van der Waals surface area contributed by atoms with E-state index in [0.717, 1.165) is 0 Å². The predicted molar refractivity (Wildman–Crippen MR) is 84.8 cm³/mol. The van der Waals surface area contributed by atoms with Crippen LogP contribution in [0.2, 0.25) is 5.02 Å². The van der Waals surface area contributed by atoms with Crippen LogP contribution in [0.3, 0.4) is 0 Å². The Morgan fingerprint density at radius 2 is 2.18 bits per heavy atom. The summed E-state index contributed by atoms with van der Waals surface area (Å²) >= 11 is 5.89. The molecule has 112 valence electrons. The zero-order valence-electron chi connectivity index (χ0n) is 11.7. The van der Waals surface area contributed by atoms with Crippen LogP contribution in [-0.4, -0.2) is 23.3 Å². The van der Waals surface area contributed by atoms with Gasteiger partial charge >= 0.3 is 0 Å². The van der Waals surface area contributed by atoms with Crippen LogP contribution in [0.15, 0.2) is 48.8 Å². The topological polar surface area (TPSA) is 62.3 Å². The zero-order chi connectivity index (χ0) is 15.5. The van der Waals surface area contributed by atoms with Crippen LogP contribution >= 0.6 is 11.6 Å². The van der Waals surface area contributed by atoms with Gasteiger partial charge in [-0.25, -0.2) is 0 Å². The number of anilines is 2. The summed E-state index contributed by atoms with van der Waals surface area (Å²) in [5, 5.41) is 3.35. The van der Waals surface area contributed by atoms with Crippen LogP contribution in [0.5, 0.6) is 0 Å². The molecule has 1 unspecified atom stereocenters. The molecule has 5 nitrogen and oxygen atoms in total. The Hall–Kier alpha value is -2.40. The van der Waals surface area contributed by atoms with Gasteiger partial charge in [0, 0.05) is 29.9 Å². The van der Waals surface area contributed by atoms with Gasteiger partial charge in [0.2, 0.25) is 11.8 Å². The third-order valence-corrected chi connectivity index (χ3v) is 3.78. The quantitative estimate of drug-likeness (QED) is 0.947. The molecule has 2 heterocycles. The average molecular weight is 316 g/mol. The molecular weight excluding hydrogens is 302 g/mol. The first-order valence-corrected chi connectivity index (χ1v) is 7.28. The number of nitrogens with zero attached hydrogens (tertiary/aromatic N) is 2. The summed E-state index contributed by atoms with van der Waals surface area (Å²) in [4.78, 5) is 30.0. The van der Waals surface area contributed by atoms with E-state index in [1.807, 2.05) is 6.07 Å². The SMILES string of the molecule is O=C(Nc1cccc(Cl)c1)C1CC(=O)N(c2cccnc2)C1. The maximum atomic E-state index is 12.3. The lowest BCUT2D eigenvalue weighted by Crippen LogP contribution is -2.28. The normalized spacial score (nSPS) is 17.6. The Morgan fingerprint density at radius 1 is 1.32 bits per heavy atom. The number of aromatic nitrogens is 1. The molecule has 1 saturated heterocycles. The van der Waals surface area contributed by atoms with Gasteiger partial charge in [-0.3, -0.25) is 14.6 Å². The molecule has 1 aromatic heterocycles. The molecule has 0 aliphatic carbocycles.